The van der Waals surface area contributed by atoms with Crippen molar-refractivity contribution in [3.05, 3.63) is 72.4 Å². The van der Waals surface area contributed by atoms with Crippen molar-refractivity contribution >= 4 is 17.0 Å². The third kappa shape index (κ3) is 4.11. The van der Waals surface area contributed by atoms with E-state index in [0.717, 1.165) is 60.8 Å². The molecule has 0 radical (unpaired) electrons. The quantitative estimate of drug-likeness (QED) is 0.374. The molecule has 0 saturated carbocycles. The second kappa shape index (κ2) is 8.86. The molecule has 1 saturated heterocycles. The van der Waals surface area contributed by atoms with Crippen molar-refractivity contribution < 1.29 is 8.81 Å². The number of piperidine rings is 1. The number of aromatic nitrogens is 7. The van der Waals surface area contributed by atoms with Crippen LogP contribution in [0, 0.1) is 5.82 Å². The summed E-state index contributed by atoms with van der Waals surface area (Å²) in [4.78, 5) is 16.0. The van der Waals surface area contributed by atoms with Crippen molar-refractivity contribution in [2.24, 2.45) is 0 Å². The van der Waals surface area contributed by atoms with E-state index < -0.39 is 0 Å². The zero-order valence-electron chi connectivity index (χ0n) is 19.2. The lowest BCUT2D eigenvalue weighted by Gasteiger charge is -2.30. The van der Waals surface area contributed by atoms with Gasteiger partial charge in [-0.05, 0) is 65.1 Å². The van der Waals surface area contributed by atoms with Gasteiger partial charge < -0.3 is 9.32 Å². The first-order chi connectivity index (χ1) is 17.2. The van der Waals surface area contributed by atoms with Gasteiger partial charge in [0.25, 0.3) is 0 Å². The van der Waals surface area contributed by atoms with Gasteiger partial charge in [0.1, 0.15) is 17.7 Å². The molecule has 35 heavy (non-hydrogen) atoms. The monoisotopic (exact) mass is 470 g/mol. The summed E-state index contributed by atoms with van der Waals surface area (Å²) in [5, 5.41) is 11.0. The van der Waals surface area contributed by atoms with Gasteiger partial charge in [-0.1, -0.05) is 13.0 Å². The number of fused-ring (bicyclic) bond motifs is 1. The van der Waals surface area contributed by atoms with Crippen LogP contribution in [-0.2, 0) is 6.42 Å². The van der Waals surface area contributed by atoms with E-state index >= 15 is 0 Å². The number of benzene rings is 2. The highest BCUT2D eigenvalue weighted by atomic mass is 19.1. The van der Waals surface area contributed by atoms with Crippen LogP contribution in [0.3, 0.4) is 0 Å². The fourth-order valence-electron chi connectivity index (χ4n) is 4.47. The summed E-state index contributed by atoms with van der Waals surface area (Å²) >= 11 is 0. The van der Waals surface area contributed by atoms with Gasteiger partial charge in [0.15, 0.2) is 11.5 Å². The van der Waals surface area contributed by atoms with Gasteiger partial charge in [-0.15, -0.1) is 5.10 Å². The number of hydrogen-bond acceptors (Lipinski definition) is 8. The van der Waals surface area contributed by atoms with E-state index in [1.807, 2.05) is 30.6 Å². The van der Waals surface area contributed by atoms with E-state index in [1.54, 1.807) is 12.1 Å². The SMILES string of the molecule is CCc1cnc(N2CCC(c3nc4cc(-c5ccc(-n6cnnn6)cc5F)ccc4o3)CC2)nc1. The van der Waals surface area contributed by atoms with E-state index in [4.69, 9.17) is 9.40 Å². The van der Waals surface area contributed by atoms with E-state index in [1.165, 1.54) is 17.1 Å². The molecule has 5 aromatic rings. The third-order valence-electron chi connectivity index (χ3n) is 6.51. The minimum Gasteiger partial charge on any atom is -0.440 e. The highest BCUT2D eigenvalue weighted by molar-refractivity contribution is 5.80. The fraction of sp³-hybridized carbons (Fsp3) is 0.280. The largest absolute Gasteiger partial charge is 0.440 e. The fourth-order valence-corrected chi connectivity index (χ4v) is 4.47. The van der Waals surface area contributed by atoms with Gasteiger partial charge >= 0.3 is 0 Å². The summed E-state index contributed by atoms with van der Waals surface area (Å²) in [5.74, 6) is 1.37. The maximum atomic E-state index is 14.9. The predicted molar refractivity (Wildman–Crippen MR) is 128 cm³/mol. The van der Waals surface area contributed by atoms with Crippen LogP contribution >= 0.6 is 0 Å². The summed E-state index contributed by atoms with van der Waals surface area (Å²) in [6.07, 6.45) is 7.97. The normalized spacial score (nSPS) is 14.6. The third-order valence-corrected chi connectivity index (χ3v) is 6.51. The molecule has 0 aliphatic carbocycles. The molecule has 2 aromatic carbocycles. The van der Waals surface area contributed by atoms with Crippen LogP contribution in [0.4, 0.5) is 10.3 Å². The number of oxazole rings is 1. The zero-order chi connectivity index (χ0) is 23.8. The number of halogens is 1. The van der Waals surface area contributed by atoms with Gasteiger partial charge in [0.05, 0.1) is 5.69 Å². The Balaban J connectivity index is 1.19. The standard InChI is InChI=1S/C25H23FN8O/c1-2-16-13-27-25(28-14-16)33-9-7-17(8-10-33)24-30-22-11-18(3-6-23(22)35-24)20-5-4-19(12-21(20)26)34-15-29-31-32-34/h3-6,11-15,17H,2,7-10H2,1H3. The first kappa shape index (κ1) is 21.3. The van der Waals surface area contributed by atoms with Crippen LogP contribution in [0.15, 0.2) is 59.5 Å². The van der Waals surface area contributed by atoms with E-state index in [-0.39, 0.29) is 11.7 Å². The van der Waals surface area contributed by atoms with E-state index in [2.05, 4.69) is 37.3 Å². The molecule has 6 rings (SSSR count). The summed E-state index contributed by atoms with van der Waals surface area (Å²) in [5.41, 5.74) is 4.34. The number of aryl methyl sites for hydroxylation is 1. The summed E-state index contributed by atoms with van der Waals surface area (Å²) in [6.45, 7) is 3.79. The van der Waals surface area contributed by atoms with Crippen LogP contribution in [0.2, 0.25) is 0 Å². The predicted octanol–water partition coefficient (Wildman–Crippen LogP) is 4.35. The Labute approximate surface area is 200 Å². The molecule has 1 aliphatic rings. The van der Waals surface area contributed by atoms with Crippen molar-refractivity contribution in [2.75, 3.05) is 18.0 Å². The Morgan fingerprint density at radius 1 is 1.06 bits per heavy atom. The van der Waals surface area contributed by atoms with Crippen LogP contribution in [0.25, 0.3) is 27.9 Å². The minimum atomic E-state index is -0.359. The Morgan fingerprint density at radius 2 is 1.89 bits per heavy atom. The second-order valence-corrected chi connectivity index (χ2v) is 8.66. The van der Waals surface area contributed by atoms with Crippen LogP contribution < -0.4 is 4.90 Å². The van der Waals surface area contributed by atoms with Gasteiger partial charge in [-0.2, -0.15) is 0 Å². The molecule has 0 amide bonds. The van der Waals surface area contributed by atoms with Crippen LogP contribution in [0.5, 0.6) is 0 Å². The number of nitrogens with zero attached hydrogens (tertiary/aromatic N) is 8. The van der Waals surface area contributed by atoms with Crippen LogP contribution in [-0.4, -0.2) is 48.2 Å². The molecule has 3 aromatic heterocycles. The van der Waals surface area contributed by atoms with Gasteiger partial charge in [-0.25, -0.2) is 24.0 Å². The maximum Gasteiger partial charge on any atom is 0.225 e. The molecular formula is C25H23FN8O. The highest BCUT2D eigenvalue weighted by Crippen LogP contribution is 2.33. The highest BCUT2D eigenvalue weighted by Gasteiger charge is 2.26. The minimum absolute atomic E-state index is 0.226. The molecule has 0 N–H and O–H groups in total. The Kier molecular flexibility index (Phi) is 5.40. The first-order valence-electron chi connectivity index (χ1n) is 11.7. The molecule has 176 valence electrons. The summed E-state index contributed by atoms with van der Waals surface area (Å²) < 4.78 is 22.4. The van der Waals surface area contributed by atoms with Crippen molar-refractivity contribution in [3.8, 4) is 16.8 Å². The molecule has 10 heteroatoms. The lowest BCUT2D eigenvalue weighted by Crippen LogP contribution is -2.34. The molecule has 1 fully saturated rings. The van der Waals surface area contributed by atoms with E-state index in [9.17, 15) is 4.39 Å². The topological polar surface area (TPSA) is 98.7 Å². The van der Waals surface area contributed by atoms with Crippen molar-refractivity contribution in [3.63, 3.8) is 0 Å². The number of hydrogen-bond donors (Lipinski definition) is 0. The molecule has 0 bridgehead atoms. The molecular weight excluding hydrogens is 447 g/mol. The molecule has 9 nitrogen and oxygen atoms in total. The van der Waals surface area contributed by atoms with E-state index in [0.29, 0.717) is 16.8 Å². The Hall–Kier alpha value is -4.21. The number of anilines is 1. The molecule has 0 unspecified atom stereocenters. The summed E-state index contributed by atoms with van der Waals surface area (Å²) in [6, 6.07) is 10.5. The number of rotatable bonds is 5. The van der Waals surface area contributed by atoms with Crippen molar-refractivity contribution in [1.29, 1.82) is 0 Å². The van der Waals surface area contributed by atoms with Crippen molar-refractivity contribution in [1.82, 2.24) is 35.2 Å². The smallest absolute Gasteiger partial charge is 0.225 e. The lowest BCUT2D eigenvalue weighted by molar-refractivity contribution is 0.405. The molecule has 0 spiro atoms. The first-order valence-corrected chi connectivity index (χ1v) is 11.7. The second-order valence-electron chi connectivity index (χ2n) is 8.66. The average Bonchev–Trinajstić information content (AvgIpc) is 3.59. The number of tetrazole rings is 1. The molecule has 0 atom stereocenters. The average molecular weight is 471 g/mol. The zero-order valence-corrected chi connectivity index (χ0v) is 19.2. The Morgan fingerprint density at radius 3 is 2.60 bits per heavy atom. The Bertz CT molecular complexity index is 1460. The van der Waals surface area contributed by atoms with Crippen molar-refractivity contribution in [2.45, 2.75) is 32.1 Å². The van der Waals surface area contributed by atoms with Gasteiger partial charge in [-0.3, -0.25) is 0 Å². The molecule has 4 heterocycles. The van der Waals surface area contributed by atoms with Gasteiger partial charge in [0.2, 0.25) is 5.95 Å². The van der Waals surface area contributed by atoms with Gasteiger partial charge in [0, 0.05) is 43.0 Å². The van der Waals surface area contributed by atoms with Crippen LogP contribution in [0.1, 0.15) is 37.1 Å². The summed E-state index contributed by atoms with van der Waals surface area (Å²) in [7, 11) is 0. The lowest BCUT2D eigenvalue weighted by atomic mass is 9.97. The maximum absolute atomic E-state index is 14.9. The molecule has 1 aliphatic heterocycles.